The van der Waals surface area contributed by atoms with Gasteiger partial charge in [-0.3, -0.25) is 4.99 Å². The summed E-state index contributed by atoms with van der Waals surface area (Å²) in [7, 11) is 6.55. The fraction of sp³-hybridized carbons (Fsp3) is 0.588. The number of guanidine groups is 1. The Labute approximate surface area is 167 Å². The van der Waals surface area contributed by atoms with Crippen LogP contribution in [-0.4, -0.2) is 54.1 Å². The van der Waals surface area contributed by atoms with Gasteiger partial charge < -0.3 is 29.6 Å². The summed E-state index contributed by atoms with van der Waals surface area (Å²) in [5.41, 5.74) is 0.951. The summed E-state index contributed by atoms with van der Waals surface area (Å²) in [6.07, 6.45) is 0.925. The topological polar surface area (TPSA) is 73.3 Å². The second kappa shape index (κ2) is 13.8. The molecule has 0 atom stereocenters. The Morgan fingerprint density at radius 2 is 1.76 bits per heavy atom. The highest BCUT2D eigenvalue weighted by Gasteiger charge is 2.15. The number of aliphatic imine (C=N–C) groups is 1. The molecule has 0 saturated heterocycles. The minimum atomic E-state index is 0. The van der Waals surface area contributed by atoms with Gasteiger partial charge in [-0.2, -0.15) is 0 Å². The number of benzene rings is 1. The molecule has 0 aliphatic carbocycles. The van der Waals surface area contributed by atoms with Crippen LogP contribution in [0.2, 0.25) is 0 Å². The van der Waals surface area contributed by atoms with E-state index < -0.39 is 0 Å². The number of halogens is 1. The monoisotopic (exact) mass is 467 g/mol. The number of nitrogens with zero attached hydrogens (tertiary/aromatic N) is 1. The SMILES string of the molecule is CCOCCCNC(=NC)NCc1ccc(OC)c(OC)c1OC.I. The molecule has 7 nitrogen and oxygen atoms in total. The molecule has 0 amide bonds. The van der Waals surface area contributed by atoms with Gasteiger partial charge in [0.2, 0.25) is 5.75 Å². The van der Waals surface area contributed by atoms with Gasteiger partial charge in [0.25, 0.3) is 0 Å². The van der Waals surface area contributed by atoms with Crippen molar-refractivity contribution in [3.63, 3.8) is 0 Å². The van der Waals surface area contributed by atoms with Gasteiger partial charge in [0.05, 0.1) is 21.3 Å². The van der Waals surface area contributed by atoms with E-state index in [0.717, 1.165) is 37.7 Å². The molecule has 0 radical (unpaired) electrons. The Balaban J connectivity index is 0.00000576. The van der Waals surface area contributed by atoms with Gasteiger partial charge in [-0.1, -0.05) is 0 Å². The Morgan fingerprint density at radius 1 is 1.04 bits per heavy atom. The Kier molecular flexibility index (Phi) is 13.0. The van der Waals surface area contributed by atoms with Gasteiger partial charge in [0.15, 0.2) is 17.5 Å². The maximum absolute atomic E-state index is 5.48. The number of hydrogen-bond acceptors (Lipinski definition) is 5. The maximum Gasteiger partial charge on any atom is 0.203 e. The van der Waals surface area contributed by atoms with Gasteiger partial charge in [-0.15, -0.1) is 24.0 Å². The fourth-order valence-electron chi connectivity index (χ4n) is 2.23. The van der Waals surface area contributed by atoms with Crippen molar-refractivity contribution in [1.29, 1.82) is 0 Å². The number of methoxy groups -OCH3 is 3. The lowest BCUT2D eigenvalue weighted by Gasteiger charge is -2.17. The highest BCUT2D eigenvalue weighted by molar-refractivity contribution is 14.0. The van der Waals surface area contributed by atoms with Crippen molar-refractivity contribution in [3.05, 3.63) is 17.7 Å². The van der Waals surface area contributed by atoms with Crippen LogP contribution in [0.25, 0.3) is 0 Å². The summed E-state index contributed by atoms with van der Waals surface area (Å²) < 4.78 is 21.5. The normalized spacial score (nSPS) is 10.7. The molecule has 1 aromatic carbocycles. The number of hydrogen-bond donors (Lipinski definition) is 2. The summed E-state index contributed by atoms with van der Waals surface area (Å²) in [6.45, 7) is 4.82. The number of nitrogens with one attached hydrogen (secondary N) is 2. The maximum atomic E-state index is 5.48. The molecule has 8 heteroatoms. The van der Waals surface area contributed by atoms with Crippen molar-refractivity contribution in [2.75, 3.05) is 48.1 Å². The predicted molar refractivity (Wildman–Crippen MR) is 111 cm³/mol. The summed E-state index contributed by atoms with van der Waals surface area (Å²) in [5.74, 6) is 2.59. The Bertz CT molecular complexity index is 527. The van der Waals surface area contributed by atoms with Gasteiger partial charge in [-0.25, -0.2) is 0 Å². The van der Waals surface area contributed by atoms with E-state index in [2.05, 4.69) is 15.6 Å². The third kappa shape index (κ3) is 7.55. The molecule has 0 aromatic heterocycles. The minimum absolute atomic E-state index is 0. The highest BCUT2D eigenvalue weighted by atomic mass is 127. The van der Waals surface area contributed by atoms with E-state index in [-0.39, 0.29) is 24.0 Å². The second-order valence-corrected chi connectivity index (χ2v) is 4.90. The molecule has 2 N–H and O–H groups in total. The molecule has 0 heterocycles. The molecule has 144 valence electrons. The molecule has 0 fully saturated rings. The third-order valence-electron chi connectivity index (χ3n) is 3.42. The molecule has 0 aliphatic heterocycles. The van der Waals surface area contributed by atoms with E-state index in [1.165, 1.54) is 0 Å². The molecule has 0 aliphatic rings. The van der Waals surface area contributed by atoms with Crippen LogP contribution in [0, 0.1) is 0 Å². The first-order valence-electron chi connectivity index (χ1n) is 8.01. The van der Waals surface area contributed by atoms with E-state index >= 15 is 0 Å². The molecule has 0 bridgehead atoms. The summed E-state index contributed by atoms with van der Waals surface area (Å²) >= 11 is 0. The van der Waals surface area contributed by atoms with Gasteiger partial charge in [-0.05, 0) is 25.5 Å². The quantitative estimate of drug-likeness (QED) is 0.238. The predicted octanol–water partition coefficient (Wildman–Crippen LogP) is 2.42. The lowest BCUT2D eigenvalue weighted by atomic mass is 10.1. The zero-order valence-electron chi connectivity index (χ0n) is 15.7. The molecule has 25 heavy (non-hydrogen) atoms. The van der Waals surface area contributed by atoms with Crippen molar-refractivity contribution >= 4 is 29.9 Å². The Morgan fingerprint density at radius 3 is 2.32 bits per heavy atom. The van der Waals surface area contributed by atoms with Gasteiger partial charge in [0.1, 0.15) is 0 Å². The van der Waals surface area contributed by atoms with Crippen LogP contribution in [0.4, 0.5) is 0 Å². The van der Waals surface area contributed by atoms with Crippen LogP contribution < -0.4 is 24.8 Å². The molecule has 1 aromatic rings. The van der Waals surface area contributed by atoms with Crippen LogP contribution in [0.5, 0.6) is 17.2 Å². The van der Waals surface area contributed by atoms with Crippen molar-refractivity contribution in [3.8, 4) is 17.2 Å². The third-order valence-corrected chi connectivity index (χ3v) is 3.42. The lowest BCUT2D eigenvalue weighted by Crippen LogP contribution is -2.37. The van der Waals surface area contributed by atoms with Crippen LogP contribution >= 0.6 is 24.0 Å². The molecular weight excluding hydrogens is 437 g/mol. The lowest BCUT2D eigenvalue weighted by molar-refractivity contribution is 0.145. The number of ether oxygens (including phenoxy) is 4. The zero-order chi connectivity index (χ0) is 17.8. The second-order valence-electron chi connectivity index (χ2n) is 4.90. The average Bonchev–Trinajstić information content (AvgIpc) is 2.62. The average molecular weight is 467 g/mol. The largest absolute Gasteiger partial charge is 0.493 e. The fourth-order valence-corrected chi connectivity index (χ4v) is 2.23. The minimum Gasteiger partial charge on any atom is -0.493 e. The van der Waals surface area contributed by atoms with Gasteiger partial charge >= 0.3 is 0 Å². The molecule has 0 saturated carbocycles. The van der Waals surface area contributed by atoms with E-state index in [9.17, 15) is 0 Å². The first-order chi connectivity index (χ1) is 11.7. The van der Waals surface area contributed by atoms with Crippen LogP contribution in [-0.2, 0) is 11.3 Å². The van der Waals surface area contributed by atoms with Crippen molar-refractivity contribution in [1.82, 2.24) is 10.6 Å². The summed E-state index contributed by atoms with van der Waals surface area (Å²) in [5, 5.41) is 6.51. The van der Waals surface area contributed by atoms with E-state index in [1.807, 2.05) is 19.1 Å². The molecular formula is C17H30IN3O4. The van der Waals surface area contributed by atoms with Crippen LogP contribution in [0.15, 0.2) is 17.1 Å². The summed E-state index contributed by atoms with van der Waals surface area (Å²) in [4.78, 5) is 4.21. The first kappa shape index (κ1) is 23.6. The van der Waals surface area contributed by atoms with Crippen LogP contribution in [0.1, 0.15) is 18.9 Å². The first-order valence-corrected chi connectivity index (χ1v) is 8.01. The van der Waals surface area contributed by atoms with Crippen molar-refractivity contribution < 1.29 is 18.9 Å². The molecule has 0 spiro atoms. The highest BCUT2D eigenvalue weighted by Crippen LogP contribution is 2.39. The molecule has 1 rings (SSSR count). The van der Waals surface area contributed by atoms with E-state index in [1.54, 1.807) is 28.4 Å². The van der Waals surface area contributed by atoms with Crippen molar-refractivity contribution in [2.45, 2.75) is 19.9 Å². The summed E-state index contributed by atoms with van der Waals surface area (Å²) in [6, 6.07) is 3.80. The van der Waals surface area contributed by atoms with Crippen molar-refractivity contribution in [2.24, 2.45) is 4.99 Å². The molecule has 0 unspecified atom stereocenters. The van der Waals surface area contributed by atoms with Gasteiger partial charge in [0, 0.05) is 38.9 Å². The Hall–Kier alpha value is -1.42. The van der Waals surface area contributed by atoms with E-state index in [4.69, 9.17) is 18.9 Å². The smallest absolute Gasteiger partial charge is 0.203 e. The standard InChI is InChI=1S/C17H29N3O4.HI/c1-6-24-11-7-10-19-17(18-2)20-12-13-8-9-14(21-3)16(23-5)15(13)22-4;/h8-9H,6-7,10-12H2,1-5H3,(H2,18,19,20);1H. The van der Waals surface area contributed by atoms with Crippen LogP contribution in [0.3, 0.4) is 0 Å². The number of rotatable bonds is 10. The van der Waals surface area contributed by atoms with E-state index in [0.29, 0.717) is 23.8 Å². The zero-order valence-corrected chi connectivity index (χ0v) is 18.0.